The SMILES string of the molecule is CC(C)(C)SC1CCCC(=O)C1. The van der Waals surface area contributed by atoms with E-state index in [9.17, 15) is 4.79 Å². The first-order valence-corrected chi connectivity index (χ1v) is 5.55. The number of carbonyl (C=O) groups excluding carboxylic acids is 1. The standard InChI is InChI=1S/C10H18OS/c1-10(2,3)12-9-6-4-5-8(11)7-9/h9H,4-7H2,1-3H3. The van der Waals surface area contributed by atoms with Gasteiger partial charge in [-0.15, -0.1) is 0 Å². The fourth-order valence-corrected chi connectivity index (χ4v) is 3.14. The molecule has 0 aromatic carbocycles. The highest BCUT2D eigenvalue weighted by atomic mass is 32.2. The Hall–Kier alpha value is 0.0200. The summed E-state index contributed by atoms with van der Waals surface area (Å²) in [5, 5.41) is 0.589. The largest absolute Gasteiger partial charge is 0.300 e. The highest BCUT2D eigenvalue weighted by molar-refractivity contribution is 8.01. The number of thioether (sulfide) groups is 1. The maximum absolute atomic E-state index is 11.1. The Balaban J connectivity index is 2.37. The van der Waals surface area contributed by atoms with Crippen LogP contribution < -0.4 is 0 Å². The third kappa shape index (κ3) is 3.61. The molecule has 2 heteroatoms. The first kappa shape index (κ1) is 10.1. The lowest BCUT2D eigenvalue weighted by molar-refractivity contribution is -0.120. The number of ketones is 1. The fraction of sp³-hybridized carbons (Fsp3) is 0.900. The van der Waals surface area contributed by atoms with Crippen molar-refractivity contribution >= 4 is 17.5 Å². The molecule has 1 unspecified atom stereocenters. The third-order valence-electron chi connectivity index (χ3n) is 1.96. The van der Waals surface area contributed by atoms with E-state index in [0.29, 0.717) is 15.8 Å². The van der Waals surface area contributed by atoms with E-state index in [4.69, 9.17) is 0 Å². The van der Waals surface area contributed by atoms with Crippen molar-refractivity contribution in [3.05, 3.63) is 0 Å². The Bertz CT molecular complexity index is 169. The number of carbonyl (C=O) groups is 1. The minimum Gasteiger partial charge on any atom is -0.300 e. The zero-order valence-electron chi connectivity index (χ0n) is 8.22. The summed E-state index contributed by atoms with van der Waals surface area (Å²) in [6, 6.07) is 0. The van der Waals surface area contributed by atoms with Crippen molar-refractivity contribution in [1.82, 2.24) is 0 Å². The van der Waals surface area contributed by atoms with Gasteiger partial charge >= 0.3 is 0 Å². The monoisotopic (exact) mass is 186 g/mol. The molecule has 1 aliphatic carbocycles. The normalized spacial score (nSPS) is 25.9. The van der Waals surface area contributed by atoms with Crippen LogP contribution in [-0.2, 0) is 4.79 Å². The molecule has 1 fully saturated rings. The van der Waals surface area contributed by atoms with Crippen molar-refractivity contribution in [1.29, 1.82) is 0 Å². The predicted octanol–water partition coefficient (Wildman–Crippen LogP) is 3.03. The Morgan fingerprint density at radius 1 is 1.42 bits per heavy atom. The molecular formula is C10H18OS. The number of Topliss-reactive ketones (excluding diaryl/α,β-unsaturated/α-hetero) is 1. The van der Waals surface area contributed by atoms with Gasteiger partial charge in [-0.3, -0.25) is 4.79 Å². The minimum atomic E-state index is 0.308. The molecule has 1 nitrogen and oxygen atoms in total. The van der Waals surface area contributed by atoms with Gasteiger partial charge in [0.2, 0.25) is 0 Å². The van der Waals surface area contributed by atoms with Crippen molar-refractivity contribution < 1.29 is 4.79 Å². The van der Waals surface area contributed by atoms with Gasteiger partial charge in [-0.25, -0.2) is 0 Å². The van der Waals surface area contributed by atoms with Gasteiger partial charge in [0.05, 0.1) is 0 Å². The van der Waals surface area contributed by atoms with Crippen LogP contribution in [0.4, 0.5) is 0 Å². The van der Waals surface area contributed by atoms with Gasteiger partial charge in [-0.2, -0.15) is 11.8 Å². The van der Waals surface area contributed by atoms with Gasteiger partial charge in [-0.05, 0) is 12.8 Å². The molecule has 0 N–H and O–H groups in total. The second-order valence-electron chi connectivity index (χ2n) is 4.49. The van der Waals surface area contributed by atoms with Crippen LogP contribution in [0.15, 0.2) is 0 Å². The average Bonchev–Trinajstić information content (AvgIpc) is 1.82. The summed E-state index contributed by atoms with van der Waals surface area (Å²) in [6.07, 6.45) is 3.96. The van der Waals surface area contributed by atoms with E-state index in [1.807, 2.05) is 11.8 Å². The number of rotatable bonds is 1. The molecule has 1 saturated carbocycles. The molecule has 1 rings (SSSR count). The van der Waals surface area contributed by atoms with Crippen molar-refractivity contribution in [3.8, 4) is 0 Å². The van der Waals surface area contributed by atoms with Crippen LogP contribution in [0, 0.1) is 0 Å². The molecule has 1 aliphatic rings. The second-order valence-corrected chi connectivity index (χ2v) is 6.61. The molecule has 0 bridgehead atoms. The van der Waals surface area contributed by atoms with Gasteiger partial charge in [-0.1, -0.05) is 20.8 Å². The second kappa shape index (κ2) is 3.82. The molecule has 0 radical (unpaired) electrons. The third-order valence-corrected chi connectivity index (χ3v) is 3.40. The van der Waals surface area contributed by atoms with E-state index in [0.717, 1.165) is 19.3 Å². The van der Waals surface area contributed by atoms with E-state index in [2.05, 4.69) is 20.8 Å². The maximum atomic E-state index is 11.1. The first-order chi connectivity index (χ1) is 5.47. The van der Waals surface area contributed by atoms with E-state index < -0.39 is 0 Å². The van der Waals surface area contributed by atoms with Gasteiger partial charge in [0.1, 0.15) is 5.78 Å². The molecular weight excluding hydrogens is 168 g/mol. The maximum Gasteiger partial charge on any atom is 0.134 e. The first-order valence-electron chi connectivity index (χ1n) is 4.67. The average molecular weight is 186 g/mol. The zero-order chi connectivity index (χ0) is 9.19. The Kier molecular flexibility index (Phi) is 3.22. The lowest BCUT2D eigenvalue weighted by Gasteiger charge is -2.27. The van der Waals surface area contributed by atoms with Crippen molar-refractivity contribution in [2.45, 2.75) is 56.5 Å². The van der Waals surface area contributed by atoms with Gasteiger partial charge < -0.3 is 0 Å². The summed E-state index contributed by atoms with van der Waals surface area (Å²) in [6.45, 7) is 6.66. The summed E-state index contributed by atoms with van der Waals surface area (Å²) in [5.41, 5.74) is 0. The summed E-state index contributed by atoms with van der Waals surface area (Å²) < 4.78 is 0.308. The van der Waals surface area contributed by atoms with Crippen LogP contribution in [-0.4, -0.2) is 15.8 Å². The smallest absolute Gasteiger partial charge is 0.134 e. The van der Waals surface area contributed by atoms with Crippen LogP contribution in [0.2, 0.25) is 0 Å². The van der Waals surface area contributed by atoms with E-state index in [1.165, 1.54) is 6.42 Å². The van der Waals surface area contributed by atoms with E-state index >= 15 is 0 Å². The molecule has 0 aromatic rings. The van der Waals surface area contributed by atoms with E-state index in [1.54, 1.807) is 0 Å². The summed E-state index contributed by atoms with van der Waals surface area (Å²) in [7, 11) is 0. The van der Waals surface area contributed by atoms with Crippen molar-refractivity contribution in [2.24, 2.45) is 0 Å². The van der Waals surface area contributed by atoms with Gasteiger partial charge in [0, 0.05) is 22.8 Å². The van der Waals surface area contributed by atoms with Gasteiger partial charge in [0.25, 0.3) is 0 Å². The molecule has 0 spiro atoms. The Labute approximate surface area is 79.3 Å². The zero-order valence-corrected chi connectivity index (χ0v) is 9.04. The van der Waals surface area contributed by atoms with E-state index in [-0.39, 0.29) is 0 Å². The molecule has 0 aromatic heterocycles. The van der Waals surface area contributed by atoms with Crippen LogP contribution in [0.3, 0.4) is 0 Å². The number of hydrogen-bond donors (Lipinski definition) is 0. The quantitative estimate of drug-likeness (QED) is 0.626. The van der Waals surface area contributed by atoms with Crippen LogP contribution >= 0.6 is 11.8 Å². The molecule has 0 aliphatic heterocycles. The Morgan fingerprint density at radius 3 is 2.58 bits per heavy atom. The highest BCUT2D eigenvalue weighted by Gasteiger charge is 2.24. The summed E-state index contributed by atoms with van der Waals surface area (Å²) in [4.78, 5) is 11.1. The fourth-order valence-electron chi connectivity index (χ4n) is 1.59. The Morgan fingerprint density at radius 2 is 2.08 bits per heavy atom. The van der Waals surface area contributed by atoms with Crippen LogP contribution in [0.25, 0.3) is 0 Å². The molecule has 12 heavy (non-hydrogen) atoms. The van der Waals surface area contributed by atoms with Crippen molar-refractivity contribution in [3.63, 3.8) is 0 Å². The highest BCUT2D eigenvalue weighted by Crippen LogP contribution is 2.35. The molecule has 1 atom stereocenters. The summed E-state index contributed by atoms with van der Waals surface area (Å²) >= 11 is 1.96. The van der Waals surface area contributed by atoms with Gasteiger partial charge in [0.15, 0.2) is 0 Å². The lowest BCUT2D eigenvalue weighted by Crippen LogP contribution is -2.22. The number of hydrogen-bond acceptors (Lipinski definition) is 2. The minimum absolute atomic E-state index is 0.308. The molecule has 0 saturated heterocycles. The van der Waals surface area contributed by atoms with Crippen molar-refractivity contribution in [2.75, 3.05) is 0 Å². The van der Waals surface area contributed by atoms with Crippen LogP contribution in [0.5, 0.6) is 0 Å². The lowest BCUT2D eigenvalue weighted by atomic mass is 9.99. The molecule has 0 heterocycles. The molecule has 0 amide bonds. The summed E-state index contributed by atoms with van der Waals surface area (Å²) in [5.74, 6) is 0.461. The topological polar surface area (TPSA) is 17.1 Å². The molecule has 70 valence electrons. The van der Waals surface area contributed by atoms with Crippen LogP contribution in [0.1, 0.15) is 46.5 Å². The predicted molar refractivity (Wildman–Crippen MR) is 54.6 cm³/mol.